The molecule has 4 heteroatoms. The Morgan fingerprint density at radius 2 is 1.39 bits per heavy atom. The monoisotopic (exact) mass is 610 g/mol. The molecule has 0 unspecified atom stereocenters. The van der Waals surface area contributed by atoms with E-state index in [1.807, 2.05) is 66.7 Å². The van der Waals surface area contributed by atoms with E-state index in [0.717, 1.165) is 34.7 Å². The molecule has 0 aliphatic heterocycles. The molecule has 0 amide bonds. The summed E-state index contributed by atoms with van der Waals surface area (Å²) in [5.41, 5.74) is 5.50. The number of hydrogen-bond donors (Lipinski definition) is 0. The Balaban J connectivity index is 0.000000202. The van der Waals surface area contributed by atoms with E-state index in [1.165, 1.54) is 5.52 Å². The van der Waals surface area contributed by atoms with Crippen LogP contribution in [0.3, 0.4) is 0 Å². The van der Waals surface area contributed by atoms with E-state index in [4.69, 9.17) is 4.98 Å². The third-order valence-electron chi connectivity index (χ3n) is 4.89. The van der Waals surface area contributed by atoms with Gasteiger partial charge in [0.05, 0.1) is 16.9 Å². The maximum absolute atomic E-state index is 4.80. The summed E-state index contributed by atoms with van der Waals surface area (Å²) in [5.74, 6) is 1.00. The molecule has 5 aromatic rings. The standard InChI is InChI=1S/C18H19N2.C11H8N.Ir/c1-18(2,3)13-20-16-12-8-7-11-15(16)19-17(20)14-9-5-4-6-10-14;1-2-6-10(7-3-1)11-8-4-5-9-12-11;/h4-9,11-12H,13H2,1-3H3;1-6,8-9H;/q2*-1;. The first-order chi connectivity index (χ1) is 15.5. The van der Waals surface area contributed by atoms with Crippen LogP contribution in [0.15, 0.2) is 97.2 Å². The Kier molecular flexibility index (Phi) is 8.32. The van der Waals surface area contributed by atoms with Crippen LogP contribution in [0.2, 0.25) is 0 Å². The zero-order chi connectivity index (χ0) is 22.4. The first kappa shape index (κ1) is 24.6. The number of nitrogens with zero attached hydrogens (tertiary/aromatic N) is 3. The molecule has 33 heavy (non-hydrogen) atoms. The van der Waals surface area contributed by atoms with Crippen LogP contribution >= 0.6 is 0 Å². The largest absolute Gasteiger partial charge is 0.364 e. The summed E-state index contributed by atoms with van der Waals surface area (Å²) in [6.07, 6.45) is 1.79. The van der Waals surface area contributed by atoms with Crippen molar-refractivity contribution in [1.29, 1.82) is 0 Å². The molecule has 0 aliphatic rings. The van der Waals surface area contributed by atoms with Gasteiger partial charge in [0, 0.05) is 32.8 Å². The van der Waals surface area contributed by atoms with Crippen LogP contribution in [0.1, 0.15) is 20.8 Å². The van der Waals surface area contributed by atoms with Crippen molar-refractivity contribution in [3.63, 3.8) is 0 Å². The van der Waals surface area contributed by atoms with E-state index in [-0.39, 0.29) is 25.5 Å². The molecular weight excluding hydrogens is 583 g/mol. The van der Waals surface area contributed by atoms with Crippen LogP contribution in [-0.2, 0) is 26.7 Å². The summed E-state index contributed by atoms with van der Waals surface area (Å²) in [6, 6.07) is 36.5. The number of pyridine rings is 1. The van der Waals surface area contributed by atoms with Crippen LogP contribution < -0.4 is 0 Å². The first-order valence-corrected chi connectivity index (χ1v) is 10.8. The fraction of sp³-hybridized carbons (Fsp3) is 0.172. The van der Waals surface area contributed by atoms with Gasteiger partial charge in [-0.1, -0.05) is 45.0 Å². The number of para-hydroxylation sites is 2. The van der Waals surface area contributed by atoms with Crippen LogP contribution in [-0.4, -0.2) is 14.5 Å². The normalized spacial score (nSPS) is 10.8. The Hall–Kier alpha value is -3.07. The maximum atomic E-state index is 4.80. The van der Waals surface area contributed by atoms with Crippen molar-refractivity contribution in [2.24, 2.45) is 5.41 Å². The number of hydrogen-bond acceptors (Lipinski definition) is 2. The fourth-order valence-corrected chi connectivity index (χ4v) is 3.52. The number of rotatable bonds is 3. The second-order valence-electron chi connectivity index (χ2n) is 8.84. The SMILES string of the molecule is CC(C)(C)Cn1c(-c2[c-]cccc2)nc2ccccc21.[Ir].[c-]1ccccc1-c1ccccn1. The molecule has 0 atom stereocenters. The van der Waals surface area contributed by atoms with E-state index in [9.17, 15) is 0 Å². The summed E-state index contributed by atoms with van der Waals surface area (Å²) in [7, 11) is 0. The molecule has 0 bridgehead atoms. The summed E-state index contributed by atoms with van der Waals surface area (Å²) >= 11 is 0. The van der Waals surface area contributed by atoms with Gasteiger partial charge in [-0.2, -0.15) is 0 Å². The minimum atomic E-state index is 0. The molecule has 3 nitrogen and oxygen atoms in total. The molecule has 0 saturated heterocycles. The molecule has 169 valence electrons. The van der Waals surface area contributed by atoms with Crippen molar-refractivity contribution in [3.8, 4) is 22.6 Å². The first-order valence-electron chi connectivity index (χ1n) is 10.8. The van der Waals surface area contributed by atoms with Crippen molar-refractivity contribution in [3.05, 3.63) is 109 Å². The van der Waals surface area contributed by atoms with Gasteiger partial charge in [0.1, 0.15) is 0 Å². The topological polar surface area (TPSA) is 30.7 Å². The van der Waals surface area contributed by atoms with Gasteiger partial charge in [-0.05, 0) is 29.3 Å². The van der Waals surface area contributed by atoms with Crippen LogP contribution in [0.4, 0.5) is 0 Å². The average molecular weight is 610 g/mol. The van der Waals surface area contributed by atoms with Crippen LogP contribution in [0, 0.1) is 17.5 Å². The summed E-state index contributed by atoms with van der Waals surface area (Å²) in [5, 5.41) is 0. The minimum absolute atomic E-state index is 0. The van der Waals surface area contributed by atoms with Gasteiger partial charge in [0.25, 0.3) is 0 Å². The number of aromatic nitrogens is 3. The van der Waals surface area contributed by atoms with Crippen molar-refractivity contribution >= 4 is 11.0 Å². The predicted molar refractivity (Wildman–Crippen MR) is 132 cm³/mol. The molecule has 5 rings (SSSR count). The Bertz CT molecular complexity index is 1220. The van der Waals surface area contributed by atoms with Gasteiger partial charge >= 0.3 is 0 Å². The molecule has 2 aromatic heterocycles. The van der Waals surface area contributed by atoms with Gasteiger partial charge in [-0.15, -0.1) is 71.8 Å². The van der Waals surface area contributed by atoms with E-state index in [2.05, 4.69) is 66.7 Å². The molecule has 2 heterocycles. The molecule has 0 saturated carbocycles. The Labute approximate surface area is 209 Å². The van der Waals surface area contributed by atoms with Gasteiger partial charge in [-0.25, -0.2) is 0 Å². The zero-order valence-corrected chi connectivity index (χ0v) is 21.5. The third kappa shape index (κ3) is 6.47. The van der Waals surface area contributed by atoms with Crippen molar-refractivity contribution in [2.45, 2.75) is 27.3 Å². The molecule has 1 radical (unpaired) electrons. The van der Waals surface area contributed by atoms with Gasteiger partial charge in [0.15, 0.2) is 0 Å². The predicted octanol–water partition coefficient (Wildman–Crippen LogP) is 7.10. The summed E-state index contributed by atoms with van der Waals surface area (Å²) in [6.45, 7) is 7.69. The fourth-order valence-electron chi connectivity index (χ4n) is 3.52. The summed E-state index contributed by atoms with van der Waals surface area (Å²) < 4.78 is 2.31. The van der Waals surface area contributed by atoms with Gasteiger partial charge in [-0.3, -0.25) is 4.98 Å². The Morgan fingerprint density at radius 1 is 0.758 bits per heavy atom. The molecule has 3 aromatic carbocycles. The second-order valence-corrected chi connectivity index (χ2v) is 8.84. The smallest absolute Gasteiger partial charge is 0.0770 e. The van der Waals surface area contributed by atoms with Gasteiger partial charge in [0.2, 0.25) is 0 Å². The Morgan fingerprint density at radius 3 is 2.00 bits per heavy atom. The second kappa shape index (κ2) is 11.2. The van der Waals surface area contributed by atoms with E-state index in [0.29, 0.717) is 0 Å². The van der Waals surface area contributed by atoms with E-state index in [1.54, 1.807) is 6.20 Å². The van der Waals surface area contributed by atoms with Crippen molar-refractivity contribution in [2.75, 3.05) is 0 Å². The molecular formula is C29H27IrN3-2. The number of benzene rings is 3. The molecule has 0 aliphatic carbocycles. The average Bonchev–Trinajstić information content (AvgIpc) is 3.18. The molecule has 0 N–H and O–H groups in total. The van der Waals surface area contributed by atoms with E-state index >= 15 is 0 Å². The van der Waals surface area contributed by atoms with Gasteiger partial charge < -0.3 is 9.55 Å². The van der Waals surface area contributed by atoms with Crippen molar-refractivity contribution in [1.82, 2.24) is 14.5 Å². The quantitative estimate of drug-likeness (QED) is 0.205. The van der Waals surface area contributed by atoms with E-state index < -0.39 is 0 Å². The number of fused-ring (bicyclic) bond motifs is 1. The number of imidazole rings is 1. The molecule has 0 fully saturated rings. The van der Waals surface area contributed by atoms with Crippen molar-refractivity contribution < 1.29 is 20.1 Å². The zero-order valence-electron chi connectivity index (χ0n) is 19.1. The molecule has 0 spiro atoms. The third-order valence-corrected chi connectivity index (χ3v) is 4.89. The minimum Gasteiger partial charge on any atom is -0.364 e. The maximum Gasteiger partial charge on any atom is 0.0770 e. The summed E-state index contributed by atoms with van der Waals surface area (Å²) in [4.78, 5) is 9.02. The van der Waals surface area contributed by atoms with Crippen LogP contribution in [0.5, 0.6) is 0 Å². The van der Waals surface area contributed by atoms with Crippen LogP contribution in [0.25, 0.3) is 33.7 Å².